The van der Waals surface area contributed by atoms with Gasteiger partial charge in [-0.15, -0.1) is 0 Å². The van der Waals surface area contributed by atoms with Crippen LogP contribution in [0.1, 0.15) is 278 Å². The molecule has 0 aliphatic rings. The Morgan fingerprint density at radius 2 is 0.631 bits per heavy atom. The van der Waals surface area contributed by atoms with Gasteiger partial charge in [-0.25, -0.2) is 0 Å². The SMILES string of the molecule is CC/C=C\C/C=C\C/C=C\C/C=C\CCCCCCC(=O)OC(COC(=O)CCCCCCC/C=C\CCC)COC(=O)CCCCCCCCCCCCCCCCCCCCCC. The van der Waals surface area contributed by atoms with Gasteiger partial charge >= 0.3 is 17.9 Å². The summed E-state index contributed by atoms with van der Waals surface area (Å²) in [5.41, 5.74) is 0. The molecule has 0 spiro atoms. The topological polar surface area (TPSA) is 78.9 Å². The first-order valence-electron chi connectivity index (χ1n) is 27.8. The number of unbranched alkanes of at least 4 members (excludes halogenated alkanes) is 29. The van der Waals surface area contributed by atoms with Crippen molar-refractivity contribution in [2.24, 2.45) is 0 Å². The third-order valence-electron chi connectivity index (χ3n) is 12.0. The van der Waals surface area contributed by atoms with Gasteiger partial charge in [0.15, 0.2) is 6.10 Å². The second kappa shape index (κ2) is 53.7. The monoisotopic (exact) mass is 909 g/mol. The van der Waals surface area contributed by atoms with Gasteiger partial charge in [-0.2, -0.15) is 0 Å². The maximum absolute atomic E-state index is 12.8. The average Bonchev–Trinajstić information content (AvgIpc) is 3.30. The molecule has 0 aromatic carbocycles. The van der Waals surface area contributed by atoms with E-state index in [1.54, 1.807) is 0 Å². The van der Waals surface area contributed by atoms with Crippen molar-refractivity contribution in [2.75, 3.05) is 13.2 Å². The van der Waals surface area contributed by atoms with Crippen LogP contribution in [0.15, 0.2) is 60.8 Å². The number of esters is 3. The standard InChI is InChI=1S/C59H104O6/c1-4-7-10-13-16-19-22-24-26-28-29-30-32-33-35-37-40-43-46-49-52-58(61)64-55-56(54-63-57(60)51-48-45-42-39-21-18-15-12-9-6-3)65-59(62)53-50-47-44-41-38-36-34-31-27-25-23-20-17-14-11-8-5-2/h8,11-12,15,17,20,25,27,34,36,56H,4-7,9-10,13-14,16,18-19,21-24,26,28-33,35,37-55H2,1-3H3/b11-8-,15-12-,20-17-,27-25-,36-34-. The second-order valence-electron chi connectivity index (χ2n) is 18.5. The highest BCUT2D eigenvalue weighted by Crippen LogP contribution is 2.16. The summed E-state index contributed by atoms with van der Waals surface area (Å²) in [5.74, 6) is -0.911. The van der Waals surface area contributed by atoms with E-state index in [0.717, 1.165) is 109 Å². The summed E-state index contributed by atoms with van der Waals surface area (Å²) < 4.78 is 16.8. The van der Waals surface area contributed by atoms with E-state index < -0.39 is 6.10 Å². The fourth-order valence-electron chi connectivity index (χ4n) is 7.85. The zero-order valence-electron chi connectivity index (χ0n) is 43.0. The van der Waals surface area contributed by atoms with Gasteiger partial charge in [0.25, 0.3) is 0 Å². The molecule has 0 bridgehead atoms. The third kappa shape index (κ3) is 51.9. The van der Waals surface area contributed by atoms with Gasteiger partial charge in [-0.3, -0.25) is 14.4 Å². The third-order valence-corrected chi connectivity index (χ3v) is 12.0. The highest BCUT2D eigenvalue weighted by atomic mass is 16.6. The van der Waals surface area contributed by atoms with Crippen molar-refractivity contribution >= 4 is 17.9 Å². The summed E-state index contributed by atoms with van der Waals surface area (Å²) in [5, 5.41) is 0. The first-order chi connectivity index (χ1) is 32.0. The van der Waals surface area contributed by atoms with E-state index in [-0.39, 0.29) is 31.1 Å². The zero-order chi connectivity index (χ0) is 47.2. The van der Waals surface area contributed by atoms with Crippen molar-refractivity contribution in [1.29, 1.82) is 0 Å². The van der Waals surface area contributed by atoms with Crippen LogP contribution in [0.4, 0.5) is 0 Å². The molecule has 0 radical (unpaired) electrons. The summed E-state index contributed by atoms with van der Waals surface area (Å²) in [6, 6.07) is 0. The lowest BCUT2D eigenvalue weighted by Crippen LogP contribution is -2.30. The minimum Gasteiger partial charge on any atom is -0.462 e. The Morgan fingerprint density at radius 1 is 0.323 bits per heavy atom. The molecule has 1 unspecified atom stereocenters. The summed E-state index contributed by atoms with van der Waals surface area (Å²) in [6.07, 6.45) is 66.5. The quantitative estimate of drug-likeness (QED) is 0.0262. The molecule has 0 saturated heterocycles. The maximum Gasteiger partial charge on any atom is 0.306 e. The smallest absolute Gasteiger partial charge is 0.306 e. The molecule has 0 N–H and O–H groups in total. The molecule has 0 rings (SSSR count). The summed E-state index contributed by atoms with van der Waals surface area (Å²) in [6.45, 7) is 6.46. The van der Waals surface area contributed by atoms with Crippen molar-refractivity contribution < 1.29 is 28.6 Å². The molecule has 0 aliphatic carbocycles. The van der Waals surface area contributed by atoms with Gasteiger partial charge in [0.05, 0.1) is 0 Å². The molecule has 0 saturated carbocycles. The molecule has 65 heavy (non-hydrogen) atoms. The Balaban J connectivity index is 4.32. The molecular formula is C59H104O6. The predicted octanol–water partition coefficient (Wildman–Crippen LogP) is 18.4. The van der Waals surface area contributed by atoms with Crippen molar-refractivity contribution in [3.05, 3.63) is 60.8 Å². The van der Waals surface area contributed by atoms with Gasteiger partial charge in [-0.1, -0.05) is 242 Å². The van der Waals surface area contributed by atoms with E-state index in [2.05, 4.69) is 81.5 Å². The number of hydrogen-bond acceptors (Lipinski definition) is 6. The zero-order valence-corrected chi connectivity index (χ0v) is 43.0. The first-order valence-corrected chi connectivity index (χ1v) is 27.8. The lowest BCUT2D eigenvalue weighted by Gasteiger charge is -2.18. The molecule has 0 aliphatic heterocycles. The number of ether oxygens (including phenoxy) is 3. The lowest BCUT2D eigenvalue weighted by atomic mass is 10.0. The Hall–Kier alpha value is -2.89. The van der Waals surface area contributed by atoms with Crippen LogP contribution < -0.4 is 0 Å². The highest BCUT2D eigenvalue weighted by molar-refractivity contribution is 5.71. The maximum atomic E-state index is 12.8. The molecule has 0 amide bonds. The Morgan fingerprint density at radius 3 is 1.02 bits per heavy atom. The molecular weight excluding hydrogens is 805 g/mol. The molecule has 0 fully saturated rings. The van der Waals surface area contributed by atoms with Gasteiger partial charge in [0, 0.05) is 19.3 Å². The molecule has 0 heterocycles. The molecule has 6 heteroatoms. The highest BCUT2D eigenvalue weighted by Gasteiger charge is 2.19. The summed E-state index contributed by atoms with van der Waals surface area (Å²) in [7, 11) is 0. The first kappa shape index (κ1) is 62.1. The van der Waals surface area contributed by atoms with Crippen molar-refractivity contribution in [3.63, 3.8) is 0 Å². The summed E-state index contributed by atoms with van der Waals surface area (Å²) >= 11 is 0. The second-order valence-corrected chi connectivity index (χ2v) is 18.5. The Labute approximate surface area is 402 Å². The number of allylic oxidation sites excluding steroid dienone is 10. The van der Waals surface area contributed by atoms with Gasteiger partial charge < -0.3 is 14.2 Å². The minimum atomic E-state index is -0.788. The van der Waals surface area contributed by atoms with Crippen molar-refractivity contribution in [3.8, 4) is 0 Å². The van der Waals surface area contributed by atoms with Crippen molar-refractivity contribution in [1.82, 2.24) is 0 Å². The predicted molar refractivity (Wildman–Crippen MR) is 279 cm³/mol. The van der Waals surface area contributed by atoms with Gasteiger partial charge in [0.2, 0.25) is 0 Å². The van der Waals surface area contributed by atoms with Gasteiger partial charge in [0.1, 0.15) is 13.2 Å². The largest absolute Gasteiger partial charge is 0.462 e. The fourth-order valence-corrected chi connectivity index (χ4v) is 7.85. The Kier molecular flexibility index (Phi) is 51.3. The molecule has 1 atom stereocenters. The van der Waals surface area contributed by atoms with Gasteiger partial charge in [-0.05, 0) is 77.0 Å². The van der Waals surface area contributed by atoms with E-state index in [1.165, 1.54) is 128 Å². The van der Waals surface area contributed by atoms with Crippen LogP contribution in [0, 0.1) is 0 Å². The number of carbonyl (C=O) groups is 3. The lowest BCUT2D eigenvalue weighted by molar-refractivity contribution is -0.167. The van der Waals surface area contributed by atoms with Crippen LogP contribution in [0.5, 0.6) is 0 Å². The minimum absolute atomic E-state index is 0.0847. The van der Waals surface area contributed by atoms with Crippen LogP contribution in [0.25, 0.3) is 0 Å². The Bertz CT molecular complexity index is 1180. The van der Waals surface area contributed by atoms with Crippen LogP contribution in [-0.2, 0) is 28.6 Å². The van der Waals surface area contributed by atoms with Crippen LogP contribution >= 0.6 is 0 Å². The van der Waals surface area contributed by atoms with Crippen molar-refractivity contribution in [2.45, 2.75) is 284 Å². The average molecular weight is 909 g/mol. The fraction of sp³-hybridized carbons (Fsp3) is 0.780. The normalized spacial score (nSPS) is 12.5. The van der Waals surface area contributed by atoms with E-state index in [9.17, 15) is 14.4 Å². The van der Waals surface area contributed by atoms with E-state index >= 15 is 0 Å². The van der Waals surface area contributed by atoms with Crippen LogP contribution in [0.2, 0.25) is 0 Å². The van der Waals surface area contributed by atoms with E-state index in [0.29, 0.717) is 19.3 Å². The molecule has 0 aromatic rings. The van der Waals surface area contributed by atoms with E-state index in [1.807, 2.05) is 0 Å². The van der Waals surface area contributed by atoms with Crippen LogP contribution in [0.3, 0.4) is 0 Å². The number of hydrogen-bond donors (Lipinski definition) is 0. The van der Waals surface area contributed by atoms with Crippen LogP contribution in [-0.4, -0.2) is 37.2 Å². The number of rotatable bonds is 50. The van der Waals surface area contributed by atoms with E-state index in [4.69, 9.17) is 14.2 Å². The molecule has 376 valence electrons. The number of carbonyl (C=O) groups excluding carboxylic acids is 3. The molecule has 0 aromatic heterocycles. The molecule has 6 nitrogen and oxygen atoms in total. The summed E-state index contributed by atoms with van der Waals surface area (Å²) in [4.78, 5) is 38.0.